The third-order valence-electron chi connectivity index (χ3n) is 5.64. The van der Waals surface area contributed by atoms with Gasteiger partial charge in [-0.05, 0) is 57.6 Å². The Morgan fingerprint density at radius 2 is 2.04 bits per heavy atom. The topological polar surface area (TPSA) is 62.6 Å². The van der Waals surface area contributed by atoms with Crippen LogP contribution in [-0.2, 0) is 0 Å². The molecule has 5 rings (SSSR count). The molecule has 0 amide bonds. The molecular formula is C20H21FN6. The van der Waals surface area contributed by atoms with Crippen LogP contribution in [0, 0.1) is 12.7 Å². The summed E-state index contributed by atoms with van der Waals surface area (Å²) in [5.74, 6) is 0.585. The van der Waals surface area contributed by atoms with E-state index in [9.17, 15) is 4.39 Å². The first-order valence-corrected chi connectivity index (χ1v) is 9.26. The van der Waals surface area contributed by atoms with Gasteiger partial charge in [-0.2, -0.15) is 0 Å². The van der Waals surface area contributed by atoms with Gasteiger partial charge >= 0.3 is 0 Å². The van der Waals surface area contributed by atoms with Crippen molar-refractivity contribution in [2.75, 3.05) is 20.1 Å². The Kier molecular flexibility index (Phi) is 3.72. The Hall–Kier alpha value is -2.80. The van der Waals surface area contributed by atoms with E-state index in [0.29, 0.717) is 11.6 Å². The van der Waals surface area contributed by atoms with Crippen molar-refractivity contribution in [2.24, 2.45) is 0 Å². The minimum absolute atomic E-state index is 0.288. The molecule has 0 radical (unpaired) electrons. The van der Waals surface area contributed by atoms with E-state index in [1.54, 1.807) is 12.3 Å². The number of nitrogens with one attached hydrogen (secondary N) is 1. The number of nitrogens with zero attached hydrogens (tertiary/aromatic N) is 5. The predicted octanol–water partition coefficient (Wildman–Crippen LogP) is 3.69. The summed E-state index contributed by atoms with van der Waals surface area (Å²) >= 11 is 0. The second-order valence-corrected chi connectivity index (χ2v) is 7.38. The summed E-state index contributed by atoms with van der Waals surface area (Å²) in [4.78, 5) is 18.4. The van der Waals surface area contributed by atoms with Gasteiger partial charge in [0, 0.05) is 29.4 Å². The van der Waals surface area contributed by atoms with Crippen molar-refractivity contribution in [3.05, 3.63) is 42.5 Å². The number of piperidine rings is 1. The number of benzene rings is 1. The van der Waals surface area contributed by atoms with Crippen LogP contribution in [0.1, 0.15) is 24.7 Å². The molecule has 0 aliphatic carbocycles. The third kappa shape index (κ3) is 2.61. The molecule has 0 atom stereocenters. The van der Waals surface area contributed by atoms with Crippen LogP contribution < -0.4 is 0 Å². The summed E-state index contributed by atoms with van der Waals surface area (Å²) in [7, 11) is 2.14. The van der Waals surface area contributed by atoms with Crippen molar-refractivity contribution >= 4 is 22.1 Å². The highest BCUT2D eigenvalue weighted by molar-refractivity contribution is 5.95. The highest BCUT2D eigenvalue weighted by Crippen LogP contribution is 2.34. The number of aryl methyl sites for hydroxylation is 1. The van der Waals surface area contributed by atoms with E-state index in [1.165, 1.54) is 6.33 Å². The second kappa shape index (κ2) is 6.13. The zero-order valence-electron chi connectivity index (χ0n) is 15.4. The summed E-state index contributed by atoms with van der Waals surface area (Å²) < 4.78 is 17.2. The van der Waals surface area contributed by atoms with Crippen LogP contribution in [0.3, 0.4) is 0 Å². The number of aromatic amines is 1. The number of fused-ring (bicyclic) bond motifs is 2. The molecule has 0 saturated carbocycles. The van der Waals surface area contributed by atoms with E-state index >= 15 is 0 Å². The number of rotatable bonds is 2. The molecule has 1 fully saturated rings. The Labute approximate surface area is 156 Å². The molecule has 4 heterocycles. The maximum atomic E-state index is 14.9. The Balaban J connectivity index is 1.68. The van der Waals surface area contributed by atoms with E-state index in [0.717, 1.165) is 59.4 Å². The lowest BCUT2D eigenvalue weighted by Gasteiger charge is -2.30. The number of hydrogen-bond acceptors (Lipinski definition) is 4. The molecule has 0 spiro atoms. The van der Waals surface area contributed by atoms with Crippen molar-refractivity contribution in [3.8, 4) is 11.1 Å². The second-order valence-electron chi connectivity index (χ2n) is 7.38. The smallest absolute Gasteiger partial charge is 0.151 e. The molecule has 3 aromatic heterocycles. The minimum atomic E-state index is -0.288. The van der Waals surface area contributed by atoms with Gasteiger partial charge in [0.15, 0.2) is 5.82 Å². The molecule has 0 unspecified atom stereocenters. The zero-order valence-corrected chi connectivity index (χ0v) is 15.4. The lowest BCUT2D eigenvalue weighted by atomic mass is 10.0. The first-order chi connectivity index (χ1) is 13.1. The van der Waals surface area contributed by atoms with E-state index in [-0.39, 0.29) is 5.82 Å². The summed E-state index contributed by atoms with van der Waals surface area (Å²) in [5, 5.41) is 0.887. The summed E-state index contributed by atoms with van der Waals surface area (Å²) in [6.45, 7) is 4.06. The van der Waals surface area contributed by atoms with Crippen molar-refractivity contribution in [1.82, 2.24) is 29.4 Å². The Morgan fingerprint density at radius 3 is 2.85 bits per heavy atom. The summed E-state index contributed by atoms with van der Waals surface area (Å²) in [6, 6.07) is 3.96. The molecule has 1 aromatic carbocycles. The summed E-state index contributed by atoms with van der Waals surface area (Å²) in [5.41, 5.74) is 3.78. The van der Waals surface area contributed by atoms with Crippen molar-refractivity contribution in [2.45, 2.75) is 25.8 Å². The molecule has 1 aliphatic heterocycles. The van der Waals surface area contributed by atoms with Crippen LogP contribution in [0.5, 0.6) is 0 Å². The predicted molar refractivity (Wildman–Crippen MR) is 103 cm³/mol. The zero-order chi connectivity index (χ0) is 18.5. The monoisotopic (exact) mass is 364 g/mol. The summed E-state index contributed by atoms with van der Waals surface area (Å²) in [6.07, 6.45) is 7.23. The van der Waals surface area contributed by atoms with Gasteiger partial charge < -0.3 is 14.5 Å². The molecule has 138 valence electrons. The van der Waals surface area contributed by atoms with Gasteiger partial charge in [0.25, 0.3) is 0 Å². The van der Waals surface area contributed by atoms with Crippen LogP contribution >= 0.6 is 0 Å². The van der Waals surface area contributed by atoms with Gasteiger partial charge in [0.2, 0.25) is 0 Å². The molecule has 0 bridgehead atoms. The molecule has 1 saturated heterocycles. The van der Waals surface area contributed by atoms with Gasteiger partial charge in [0.05, 0.1) is 5.52 Å². The van der Waals surface area contributed by atoms with E-state index in [2.05, 4.69) is 36.5 Å². The lowest BCUT2D eigenvalue weighted by Crippen LogP contribution is -2.31. The Bertz CT molecular complexity index is 1140. The van der Waals surface area contributed by atoms with Crippen LogP contribution in [0.25, 0.3) is 33.2 Å². The molecular weight excluding hydrogens is 343 g/mol. The van der Waals surface area contributed by atoms with E-state index in [4.69, 9.17) is 0 Å². The fourth-order valence-electron chi connectivity index (χ4n) is 4.24. The van der Waals surface area contributed by atoms with Gasteiger partial charge in [-0.3, -0.25) is 0 Å². The maximum Gasteiger partial charge on any atom is 0.151 e. The van der Waals surface area contributed by atoms with Crippen molar-refractivity contribution in [1.29, 1.82) is 0 Å². The van der Waals surface area contributed by atoms with E-state index in [1.807, 2.05) is 19.2 Å². The fourth-order valence-corrected chi connectivity index (χ4v) is 4.24. The standard InChI is InChI=1S/C20H21FN6/c1-12-25-19-17(21)7-13(15-10-23-20-16(15)9-22-11-24-20)8-18(19)27(12)14-3-5-26(2)6-4-14/h7-11,14H,3-6H2,1-2H3,(H,22,23,24). The minimum Gasteiger partial charge on any atom is -0.345 e. The van der Waals surface area contributed by atoms with Gasteiger partial charge in [-0.1, -0.05) is 0 Å². The third-order valence-corrected chi connectivity index (χ3v) is 5.64. The van der Waals surface area contributed by atoms with Gasteiger partial charge in [0.1, 0.15) is 23.3 Å². The number of imidazole rings is 1. The van der Waals surface area contributed by atoms with Crippen LogP contribution in [-0.4, -0.2) is 49.5 Å². The molecule has 1 aliphatic rings. The average Bonchev–Trinajstić information content (AvgIpc) is 3.24. The van der Waals surface area contributed by atoms with Gasteiger partial charge in [-0.15, -0.1) is 0 Å². The number of halogens is 1. The highest BCUT2D eigenvalue weighted by Gasteiger charge is 2.23. The fraction of sp³-hybridized carbons (Fsp3) is 0.350. The molecule has 4 aromatic rings. The normalized spacial score (nSPS) is 16.6. The quantitative estimate of drug-likeness (QED) is 0.589. The first-order valence-electron chi connectivity index (χ1n) is 9.26. The SMILES string of the molecule is Cc1nc2c(F)cc(-c3c[nH]c4ncncc34)cc2n1C1CCN(C)CC1. The van der Waals surface area contributed by atoms with Crippen LogP contribution in [0.2, 0.25) is 0 Å². The van der Waals surface area contributed by atoms with Gasteiger partial charge in [-0.25, -0.2) is 19.3 Å². The average molecular weight is 364 g/mol. The largest absolute Gasteiger partial charge is 0.345 e. The molecule has 1 N–H and O–H groups in total. The van der Waals surface area contributed by atoms with Crippen LogP contribution in [0.15, 0.2) is 30.9 Å². The lowest BCUT2D eigenvalue weighted by molar-refractivity contribution is 0.222. The first kappa shape index (κ1) is 16.4. The number of likely N-dealkylation sites (tertiary alicyclic amines) is 1. The van der Waals surface area contributed by atoms with E-state index < -0.39 is 0 Å². The van der Waals surface area contributed by atoms with Crippen molar-refractivity contribution < 1.29 is 4.39 Å². The number of hydrogen-bond donors (Lipinski definition) is 1. The van der Waals surface area contributed by atoms with Crippen LogP contribution in [0.4, 0.5) is 4.39 Å². The number of H-pyrrole nitrogens is 1. The van der Waals surface area contributed by atoms with Crippen molar-refractivity contribution in [3.63, 3.8) is 0 Å². The molecule has 7 heteroatoms. The highest BCUT2D eigenvalue weighted by atomic mass is 19.1. The molecule has 6 nitrogen and oxygen atoms in total. The maximum absolute atomic E-state index is 14.9. The number of aromatic nitrogens is 5. The molecule has 27 heavy (non-hydrogen) atoms. The Morgan fingerprint density at radius 1 is 1.22 bits per heavy atom.